The quantitative estimate of drug-likeness (QED) is 0.822. The van der Waals surface area contributed by atoms with Gasteiger partial charge in [0.25, 0.3) is 0 Å². The van der Waals surface area contributed by atoms with Gasteiger partial charge in [-0.05, 0) is 18.1 Å². The number of thiophene rings is 1. The summed E-state index contributed by atoms with van der Waals surface area (Å²) in [5.41, 5.74) is 0. The van der Waals surface area contributed by atoms with Gasteiger partial charge >= 0.3 is 0 Å². The number of hydrogen-bond donors (Lipinski definition) is 2. The average molecular weight is 290 g/mol. The molecule has 0 bridgehead atoms. The smallest absolute Gasteiger partial charge is 0.247 e. The van der Waals surface area contributed by atoms with Crippen LogP contribution < -0.4 is 10.5 Å². The molecule has 0 aliphatic heterocycles. The van der Waals surface area contributed by atoms with Gasteiger partial charge in [-0.2, -0.15) is 0 Å². The summed E-state index contributed by atoms with van der Waals surface area (Å²) in [6.45, 7) is 4.77. The van der Waals surface area contributed by atoms with E-state index < -0.39 is 10.0 Å². The second-order valence-electron chi connectivity index (χ2n) is 4.26. The minimum absolute atomic E-state index is 0.0900. The summed E-state index contributed by atoms with van der Waals surface area (Å²) in [6, 6.07) is 3.05. The Labute approximate surface area is 111 Å². The predicted octanol–water partition coefficient (Wildman–Crippen LogP) is 1.10. The number of rotatable bonds is 6. The molecule has 0 fully saturated rings. The molecule has 1 atom stereocenters. The Hall–Kier alpha value is -0.920. The van der Waals surface area contributed by atoms with Gasteiger partial charge in [-0.1, -0.05) is 20.3 Å². The molecule has 0 spiro atoms. The first-order chi connectivity index (χ1) is 8.32. The number of carbonyl (C=O) groups excluding carboxylic acids is 1. The third-order valence-electron chi connectivity index (χ3n) is 2.60. The second kappa shape index (κ2) is 6.31. The molecule has 0 aromatic carbocycles. The van der Waals surface area contributed by atoms with Gasteiger partial charge in [0.1, 0.15) is 4.21 Å². The van der Waals surface area contributed by atoms with Crippen molar-refractivity contribution in [1.29, 1.82) is 0 Å². The zero-order valence-electron chi connectivity index (χ0n) is 10.5. The van der Waals surface area contributed by atoms with Crippen LogP contribution in [-0.4, -0.2) is 20.9 Å². The Morgan fingerprint density at radius 1 is 1.50 bits per heavy atom. The van der Waals surface area contributed by atoms with E-state index in [0.29, 0.717) is 17.3 Å². The van der Waals surface area contributed by atoms with Crippen LogP contribution in [-0.2, 0) is 21.2 Å². The van der Waals surface area contributed by atoms with Crippen molar-refractivity contribution in [3.8, 4) is 0 Å². The fraction of sp³-hybridized carbons (Fsp3) is 0.545. The molecule has 0 aliphatic carbocycles. The van der Waals surface area contributed by atoms with E-state index in [-0.39, 0.29) is 16.5 Å². The lowest BCUT2D eigenvalue weighted by Gasteiger charge is -2.09. The molecule has 0 aliphatic rings. The Morgan fingerprint density at radius 3 is 2.67 bits per heavy atom. The van der Waals surface area contributed by atoms with Crippen LogP contribution >= 0.6 is 11.3 Å². The zero-order valence-corrected chi connectivity index (χ0v) is 12.1. The highest BCUT2D eigenvalue weighted by atomic mass is 32.2. The van der Waals surface area contributed by atoms with Crippen LogP contribution in [0.5, 0.6) is 0 Å². The minimum atomic E-state index is -3.66. The molecular formula is C11H18N2O3S2. The summed E-state index contributed by atoms with van der Waals surface area (Å²) < 4.78 is 22.2. The number of primary sulfonamides is 1. The van der Waals surface area contributed by atoms with Crippen molar-refractivity contribution in [1.82, 2.24) is 5.32 Å². The highest BCUT2D eigenvalue weighted by Crippen LogP contribution is 2.20. The van der Waals surface area contributed by atoms with E-state index in [0.717, 1.165) is 17.8 Å². The van der Waals surface area contributed by atoms with Crippen LogP contribution in [0.3, 0.4) is 0 Å². The van der Waals surface area contributed by atoms with E-state index in [4.69, 9.17) is 5.14 Å². The number of carbonyl (C=O) groups is 1. The lowest BCUT2D eigenvalue weighted by Crippen LogP contribution is -2.29. The maximum Gasteiger partial charge on any atom is 0.247 e. The summed E-state index contributed by atoms with van der Waals surface area (Å²) in [5.74, 6) is 0.343. The van der Waals surface area contributed by atoms with E-state index in [1.165, 1.54) is 6.07 Å². The third kappa shape index (κ3) is 4.75. The van der Waals surface area contributed by atoms with Crippen LogP contribution in [0.2, 0.25) is 0 Å². The van der Waals surface area contributed by atoms with E-state index in [1.54, 1.807) is 6.07 Å². The summed E-state index contributed by atoms with van der Waals surface area (Å²) in [7, 11) is -3.66. The summed E-state index contributed by atoms with van der Waals surface area (Å²) in [6.07, 6.45) is 1.20. The van der Waals surface area contributed by atoms with Crippen LogP contribution in [0.4, 0.5) is 0 Å². The van der Waals surface area contributed by atoms with Crippen molar-refractivity contribution in [3.63, 3.8) is 0 Å². The van der Waals surface area contributed by atoms with Gasteiger partial charge < -0.3 is 5.32 Å². The average Bonchev–Trinajstić information content (AvgIpc) is 2.74. The molecular weight excluding hydrogens is 272 g/mol. The highest BCUT2D eigenvalue weighted by Gasteiger charge is 2.13. The molecule has 5 nitrogen and oxygen atoms in total. The molecule has 1 aromatic rings. The van der Waals surface area contributed by atoms with E-state index >= 15 is 0 Å². The monoisotopic (exact) mass is 290 g/mol. The van der Waals surface area contributed by atoms with Gasteiger partial charge in [0, 0.05) is 11.4 Å². The molecule has 7 heteroatoms. The van der Waals surface area contributed by atoms with Crippen molar-refractivity contribution < 1.29 is 13.2 Å². The van der Waals surface area contributed by atoms with Crippen LogP contribution in [0.25, 0.3) is 0 Å². The Balaban J connectivity index is 2.53. The molecule has 1 unspecified atom stereocenters. The topological polar surface area (TPSA) is 89.3 Å². The fourth-order valence-corrected chi connectivity index (χ4v) is 3.04. The molecule has 1 amide bonds. The number of sulfonamides is 1. The number of nitrogens with one attached hydrogen (secondary N) is 1. The fourth-order valence-electron chi connectivity index (χ4n) is 1.26. The Bertz CT molecular complexity index is 508. The molecule has 18 heavy (non-hydrogen) atoms. The maximum atomic E-state index is 11.6. The van der Waals surface area contributed by atoms with Gasteiger partial charge in [0.2, 0.25) is 15.9 Å². The normalized spacial score (nSPS) is 13.3. The number of nitrogens with two attached hydrogens (primary N) is 1. The first-order valence-corrected chi connectivity index (χ1v) is 8.07. The molecule has 1 rings (SSSR count). The standard InChI is InChI=1S/C11H18N2O3S2/c1-3-8(2)7-13-10(14)6-9-4-5-11(17-9)18(12,15)16/h4-5,8H,3,6-7H2,1-2H3,(H,13,14)(H2,12,15,16). The first-order valence-electron chi connectivity index (χ1n) is 5.71. The van der Waals surface area contributed by atoms with Crippen LogP contribution in [0, 0.1) is 5.92 Å². The van der Waals surface area contributed by atoms with Crippen molar-refractivity contribution in [2.24, 2.45) is 11.1 Å². The SMILES string of the molecule is CCC(C)CNC(=O)Cc1ccc(S(N)(=O)=O)s1. The van der Waals surface area contributed by atoms with Crippen molar-refractivity contribution in [3.05, 3.63) is 17.0 Å². The highest BCUT2D eigenvalue weighted by molar-refractivity contribution is 7.91. The predicted molar refractivity (Wildman–Crippen MR) is 71.9 cm³/mol. The van der Waals surface area contributed by atoms with Gasteiger partial charge in [0.05, 0.1) is 6.42 Å². The molecule has 3 N–H and O–H groups in total. The molecule has 0 saturated heterocycles. The summed E-state index contributed by atoms with van der Waals surface area (Å²) >= 11 is 1.03. The largest absolute Gasteiger partial charge is 0.356 e. The molecule has 102 valence electrons. The second-order valence-corrected chi connectivity index (χ2v) is 7.22. The summed E-state index contributed by atoms with van der Waals surface area (Å²) in [5, 5.41) is 7.82. The van der Waals surface area contributed by atoms with Crippen molar-refractivity contribution in [2.45, 2.75) is 30.9 Å². The van der Waals surface area contributed by atoms with Gasteiger partial charge in [-0.3, -0.25) is 4.79 Å². The van der Waals surface area contributed by atoms with Gasteiger partial charge in [-0.15, -0.1) is 11.3 Å². The number of amides is 1. The molecule has 0 saturated carbocycles. The molecule has 1 heterocycles. The van der Waals surface area contributed by atoms with Crippen LogP contribution in [0.1, 0.15) is 25.1 Å². The molecule has 1 aromatic heterocycles. The molecule has 0 radical (unpaired) electrons. The lowest BCUT2D eigenvalue weighted by atomic mass is 10.1. The number of hydrogen-bond acceptors (Lipinski definition) is 4. The first kappa shape index (κ1) is 15.1. The van der Waals surface area contributed by atoms with E-state index in [1.807, 2.05) is 0 Å². The minimum Gasteiger partial charge on any atom is -0.356 e. The Kier molecular flexibility index (Phi) is 5.30. The summed E-state index contributed by atoms with van der Waals surface area (Å²) in [4.78, 5) is 12.3. The van der Waals surface area contributed by atoms with Gasteiger partial charge in [0.15, 0.2) is 0 Å². The van der Waals surface area contributed by atoms with E-state index in [2.05, 4.69) is 19.2 Å². The van der Waals surface area contributed by atoms with Crippen molar-refractivity contribution >= 4 is 27.3 Å². The van der Waals surface area contributed by atoms with E-state index in [9.17, 15) is 13.2 Å². The zero-order chi connectivity index (χ0) is 13.8. The van der Waals surface area contributed by atoms with Crippen LogP contribution in [0.15, 0.2) is 16.3 Å². The lowest BCUT2D eigenvalue weighted by molar-refractivity contribution is -0.120. The maximum absolute atomic E-state index is 11.6. The van der Waals surface area contributed by atoms with Crippen molar-refractivity contribution in [2.75, 3.05) is 6.54 Å². The van der Waals surface area contributed by atoms with Gasteiger partial charge in [-0.25, -0.2) is 13.6 Å². The Morgan fingerprint density at radius 2 is 2.17 bits per heavy atom. The third-order valence-corrected chi connectivity index (χ3v) is 5.12.